The first-order chi connectivity index (χ1) is 12.7. The van der Waals surface area contributed by atoms with Crippen LogP contribution in [0.1, 0.15) is 34.9 Å². The van der Waals surface area contributed by atoms with Crippen LogP contribution in [0.3, 0.4) is 0 Å². The maximum Gasteiger partial charge on any atom is 0.139 e. The SMILES string of the molecule is Cc1cnc2c(n1)CN(C1CCc3nc(-c4ccccc4Cl)[nH]c3C1)C2. The Morgan fingerprint density at radius 1 is 1.12 bits per heavy atom. The van der Waals surface area contributed by atoms with E-state index in [0.717, 1.165) is 65.8 Å². The number of hydrogen-bond acceptors (Lipinski definition) is 4. The Labute approximate surface area is 157 Å². The molecule has 0 bridgehead atoms. The lowest BCUT2D eigenvalue weighted by Crippen LogP contribution is -2.35. The second-order valence-corrected chi connectivity index (χ2v) is 7.60. The predicted molar refractivity (Wildman–Crippen MR) is 101 cm³/mol. The van der Waals surface area contributed by atoms with Crippen LogP contribution in [0.2, 0.25) is 5.02 Å². The van der Waals surface area contributed by atoms with Gasteiger partial charge in [-0.25, -0.2) is 4.98 Å². The number of aromatic nitrogens is 4. The molecule has 1 aliphatic carbocycles. The van der Waals surface area contributed by atoms with Crippen molar-refractivity contribution in [3.63, 3.8) is 0 Å². The standard InChI is InChI=1S/C20H20ClN5/c1-12-9-22-18-10-26(11-19(18)23-12)13-6-7-16-17(8-13)25-20(24-16)14-4-2-3-5-15(14)21/h2-5,9,13H,6-8,10-11H2,1H3,(H,24,25). The molecule has 5 nitrogen and oxygen atoms in total. The Morgan fingerprint density at radius 3 is 2.85 bits per heavy atom. The molecule has 2 aliphatic rings. The number of H-pyrrole nitrogens is 1. The first-order valence-corrected chi connectivity index (χ1v) is 9.43. The molecule has 0 saturated heterocycles. The highest BCUT2D eigenvalue weighted by atomic mass is 35.5. The zero-order valence-electron chi connectivity index (χ0n) is 14.7. The molecule has 1 aliphatic heterocycles. The van der Waals surface area contributed by atoms with Gasteiger partial charge in [0.2, 0.25) is 0 Å². The van der Waals surface area contributed by atoms with E-state index in [-0.39, 0.29) is 0 Å². The number of fused-ring (bicyclic) bond motifs is 2. The van der Waals surface area contributed by atoms with E-state index in [1.54, 1.807) is 0 Å². The van der Waals surface area contributed by atoms with E-state index in [1.165, 1.54) is 11.4 Å². The van der Waals surface area contributed by atoms with E-state index in [0.29, 0.717) is 6.04 Å². The number of nitrogens with one attached hydrogen (secondary N) is 1. The summed E-state index contributed by atoms with van der Waals surface area (Å²) in [6.07, 6.45) is 4.96. The molecule has 5 rings (SSSR count). The third-order valence-electron chi connectivity index (χ3n) is 5.42. The molecule has 1 N–H and O–H groups in total. The van der Waals surface area contributed by atoms with Crippen molar-refractivity contribution >= 4 is 11.6 Å². The van der Waals surface area contributed by atoms with Gasteiger partial charge in [-0.3, -0.25) is 14.9 Å². The smallest absolute Gasteiger partial charge is 0.139 e. The van der Waals surface area contributed by atoms with Gasteiger partial charge in [0.15, 0.2) is 0 Å². The van der Waals surface area contributed by atoms with Gasteiger partial charge in [-0.2, -0.15) is 0 Å². The van der Waals surface area contributed by atoms with Crippen LogP contribution in [-0.2, 0) is 25.9 Å². The lowest BCUT2D eigenvalue weighted by atomic mass is 9.95. The van der Waals surface area contributed by atoms with Crippen molar-refractivity contribution in [2.75, 3.05) is 0 Å². The van der Waals surface area contributed by atoms with Gasteiger partial charge in [0, 0.05) is 43.0 Å². The summed E-state index contributed by atoms with van der Waals surface area (Å²) in [6, 6.07) is 8.36. The van der Waals surface area contributed by atoms with E-state index < -0.39 is 0 Å². The van der Waals surface area contributed by atoms with Gasteiger partial charge in [-0.1, -0.05) is 23.7 Å². The minimum atomic E-state index is 0.498. The Kier molecular flexibility index (Phi) is 3.80. The van der Waals surface area contributed by atoms with Crippen LogP contribution in [0.25, 0.3) is 11.4 Å². The highest BCUT2D eigenvalue weighted by Crippen LogP contribution is 2.32. The maximum absolute atomic E-state index is 6.34. The largest absolute Gasteiger partial charge is 0.342 e. The number of benzene rings is 1. The van der Waals surface area contributed by atoms with Crippen LogP contribution in [0, 0.1) is 6.92 Å². The monoisotopic (exact) mass is 365 g/mol. The van der Waals surface area contributed by atoms with E-state index in [2.05, 4.69) is 19.9 Å². The topological polar surface area (TPSA) is 57.7 Å². The Morgan fingerprint density at radius 2 is 1.96 bits per heavy atom. The molecule has 0 amide bonds. The second kappa shape index (κ2) is 6.18. The van der Waals surface area contributed by atoms with E-state index in [4.69, 9.17) is 16.6 Å². The van der Waals surface area contributed by atoms with Crippen LogP contribution in [0.15, 0.2) is 30.5 Å². The van der Waals surface area contributed by atoms with Crippen molar-refractivity contribution in [1.29, 1.82) is 0 Å². The number of aryl methyl sites for hydroxylation is 2. The predicted octanol–water partition coefficient (Wildman–Crippen LogP) is 3.70. The van der Waals surface area contributed by atoms with Crippen molar-refractivity contribution in [1.82, 2.24) is 24.8 Å². The number of aromatic amines is 1. The summed E-state index contributed by atoms with van der Waals surface area (Å²) in [5.41, 5.74) is 6.65. The maximum atomic E-state index is 6.34. The molecule has 1 unspecified atom stereocenters. The van der Waals surface area contributed by atoms with Crippen LogP contribution in [0.5, 0.6) is 0 Å². The first-order valence-electron chi connectivity index (χ1n) is 9.05. The van der Waals surface area contributed by atoms with Crippen molar-refractivity contribution in [2.45, 2.75) is 45.3 Å². The fraction of sp³-hybridized carbons (Fsp3) is 0.350. The van der Waals surface area contributed by atoms with Crippen LogP contribution in [0.4, 0.5) is 0 Å². The van der Waals surface area contributed by atoms with Crippen LogP contribution in [-0.4, -0.2) is 30.9 Å². The zero-order valence-corrected chi connectivity index (χ0v) is 15.4. The lowest BCUT2D eigenvalue weighted by molar-refractivity contribution is 0.178. The number of halogens is 1. The molecule has 2 aromatic heterocycles. The fourth-order valence-corrected chi connectivity index (χ4v) is 4.29. The number of nitrogens with zero attached hydrogens (tertiary/aromatic N) is 4. The summed E-state index contributed by atoms with van der Waals surface area (Å²) in [7, 11) is 0. The molecule has 0 spiro atoms. The average Bonchev–Trinajstić information content (AvgIpc) is 3.24. The highest BCUT2D eigenvalue weighted by molar-refractivity contribution is 6.33. The van der Waals surface area contributed by atoms with Crippen molar-refractivity contribution in [3.8, 4) is 11.4 Å². The van der Waals surface area contributed by atoms with Gasteiger partial charge in [-0.05, 0) is 31.9 Å². The first kappa shape index (κ1) is 16.0. The molecule has 26 heavy (non-hydrogen) atoms. The summed E-state index contributed by atoms with van der Waals surface area (Å²) in [5, 5.41) is 0.734. The van der Waals surface area contributed by atoms with Gasteiger partial charge in [-0.15, -0.1) is 0 Å². The van der Waals surface area contributed by atoms with Gasteiger partial charge >= 0.3 is 0 Å². The quantitative estimate of drug-likeness (QED) is 0.752. The summed E-state index contributed by atoms with van der Waals surface area (Å²) in [6.45, 7) is 3.80. The Balaban J connectivity index is 1.37. The van der Waals surface area contributed by atoms with Crippen LogP contribution >= 0.6 is 11.6 Å². The third-order valence-corrected chi connectivity index (χ3v) is 5.75. The molecule has 6 heteroatoms. The van der Waals surface area contributed by atoms with E-state index in [1.807, 2.05) is 37.4 Å². The third kappa shape index (κ3) is 2.72. The minimum absolute atomic E-state index is 0.498. The lowest BCUT2D eigenvalue weighted by Gasteiger charge is -2.29. The highest BCUT2D eigenvalue weighted by Gasteiger charge is 2.32. The van der Waals surface area contributed by atoms with Crippen molar-refractivity contribution in [2.24, 2.45) is 0 Å². The number of rotatable bonds is 2. The van der Waals surface area contributed by atoms with E-state index >= 15 is 0 Å². The van der Waals surface area contributed by atoms with Crippen molar-refractivity contribution < 1.29 is 0 Å². The molecular weight excluding hydrogens is 346 g/mol. The molecule has 1 atom stereocenters. The average molecular weight is 366 g/mol. The molecular formula is C20H20ClN5. The second-order valence-electron chi connectivity index (χ2n) is 7.20. The summed E-state index contributed by atoms with van der Waals surface area (Å²) < 4.78 is 0. The van der Waals surface area contributed by atoms with Gasteiger partial charge < -0.3 is 4.98 Å². The van der Waals surface area contributed by atoms with Crippen molar-refractivity contribution in [3.05, 3.63) is 64.0 Å². The Hall–Kier alpha value is -2.24. The molecule has 3 aromatic rings. The number of hydrogen-bond donors (Lipinski definition) is 1. The molecule has 1 aromatic carbocycles. The van der Waals surface area contributed by atoms with Gasteiger partial charge in [0.1, 0.15) is 5.82 Å². The van der Waals surface area contributed by atoms with E-state index in [9.17, 15) is 0 Å². The fourth-order valence-electron chi connectivity index (χ4n) is 4.06. The summed E-state index contributed by atoms with van der Waals surface area (Å²) >= 11 is 6.34. The molecule has 0 saturated carbocycles. The molecule has 3 heterocycles. The molecule has 0 radical (unpaired) electrons. The number of imidazole rings is 1. The molecule has 0 fully saturated rings. The Bertz CT molecular complexity index is 980. The minimum Gasteiger partial charge on any atom is -0.342 e. The normalized spacial score (nSPS) is 19.4. The summed E-state index contributed by atoms with van der Waals surface area (Å²) in [4.78, 5) is 20.1. The molecule has 132 valence electrons. The summed E-state index contributed by atoms with van der Waals surface area (Å²) in [5.74, 6) is 0.880. The van der Waals surface area contributed by atoms with Gasteiger partial charge in [0.25, 0.3) is 0 Å². The van der Waals surface area contributed by atoms with Crippen LogP contribution < -0.4 is 0 Å². The van der Waals surface area contributed by atoms with Gasteiger partial charge in [0.05, 0.1) is 27.8 Å². The zero-order chi connectivity index (χ0) is 17.7.